The molecule has 92 valence electrons. The molecular weight excluding hydrogens is 210 g/mol. The molecule has 2 atom stereocenters. The van der Waals surface area contributed by atoms with Crippen LogP contribution >= 0.6 is 0 Å². The van der Waals surface area contributed by atoms with Crippen molar-refractivity contribution in [1.82, 2.24) is 15.1 Å². The van der Waals surface area contributed by atoms with Gasteiger partial charge < -0.3 is 5.32 Å². The Kier molecular flexibility index (Phi) is 2.29. The molecule has 1 N–H and O–H groups in total. The number of rotatable bonds is 1. The van der Waals surface area contributed by atoms with Crippen molar-refractivity contribution >= 4 is 0 Å². The monoisotopic (exact) mass is 231 g/mol. The van der Waals surface area contributed by atoms with Crippen molar-refractivity contribution in [2.75, 3.05) is 0 Å². The highest BCUT2D eigenvalue weighted by molar-refractivity contribution is 5.29. The first kappa shape index (κ1) is 10.1. The molecule has 4 rings (SSSR count). The first-order chi connectivity index (χ1) is 8.42. The summed E-state index contributed by atoms with van der Waals surface area (Å²) in [6, 6.07) is 2.04. The van der Waals surface area contributed by atoms with E-state index in [1.807, 2.05) is 0 Å². The van der Waals surface area contributed by atoms with Crippen LogP contribution in [0.15, 0.2) is 6.20 Å². The van der Waals surface area contributed by atoms with Crippen molar-refractivity contribution in [3.63, 3.8) is 0 Å². The van der Waals surface area contributed by atoms with Crippen LogP contribution in [0, 0.1) is 0 Å². The zero-order valence-corrected chi connectivity index (χ0v) is 10.4. The Balaban J connectivity index is 1.69. The minimum atomic E-state index is 0.612. The SMILES string of the molecule is c1nn(C2CCCCC2)c2c1C1CCC(C2)N1. The lowest BCUT2D eigenvalue weighted by atomic mass is 9.94. The van der Waals surface area contributed by atoms with Crippen molar-refractivity contribution < 1.29 is 0 Å². The van der Waals surface area contributed by atoms with E-state index in [1.165, 1.54) is 56.9 Å². The summed E-state index contributed by atoms with van der Waals surface area (Å²) in [5.74, 6) is 0. The summed E-state index contributed by atoms with van der Waals surface area (Å²) in [6.07, 6.45) is 12.9. The molecule has 2 bridgehead atoms. The molecule has 1 aromatic rings. The molecule has 0 amide bonds. The summed E-state index contributed by atoms with van der Waals surface area (Å²) in [6.45, 7) is 0. The lowest BCUT2D eigenvalue weighted by molar-refractivity contribution is 0.316. The molecule has 1 aliphatic carbocycles. The molecule has 2 aliphatic heterocycles. The summed E-state index contributed by atoms with van der Waals surface area (Å²) in [7, 11) is 0. The van der Waals surface area contributed by atoms with E-state index >= 15 is 0 Å². The molecule has 3 aliphatic rings. The Morgan fingerprint density at radius 1 is 1.12 bits per heavy atom. The van der Waals surface area contributed by atoms with Crippen molar-refractivity contribution in [1.29, 1.82) is 0 Å². The lowest BCUT2D eigenvalue weighted by Crippen LogP contribution is -2.33. The molecule has 0 aromatic carbocycles. The molecule has 3 nitrogen and oxygen atoms in total. The van der Waals surface area contributed by atoms with E-state index in [1.54, 1.807) is 5.69 Å². The molecule has 1 saturated carbocycles. The average molecular weight is 231 g/mol. The number of nitrogens with zero attached hydrogens (tertiary/aromatic N) is 2. The second-order valence-corrected chi connectivity index (χ2v) is 5.98. The summed E-state index contributed by atoms with van der Waals surface area (Å²) < 4.78 is 2.39. The van der Waals surface area contributed by atoms with Crippen molar-refractivity contribution in [3.8, 4) is 0 Å². The van der Waals surface area contributed by atoms with Crippen LogP contribution in [0.5, 0.6) is 0 Å². The first-order valence-corrected chi connectivity index (χ1v) is 7.24. The highest BCUT2D eigenvalue weighted by Crippen LogP contribution is 2.38. The third-order valence-electron chi connectivity index (χ3n) is 4.91. The maximum Gasteiger partial charge on any atom is 0.0540 e. The number of hydrogen-bond donors (Lipinski definition) is 1. The second kappa shape index (κ2) is 3.84. The molecule has 2 unspecified atom stereocenters. The normalized spacial score (nSPS) is 32.7. The number of nitrogens with one attached hydrogen (secondary N) is 1. The summed E-state index contributed by atoms with van der Waals surface area (Å²) >= 11 is 0. The van der Waals surface area contributed by atoms with Gasteiger partial charge in [0, 0.05) is 29.8 Å². The van der Waals surface area contributed by atoms with E-state index in [-0.39, 0.29) is 0 Å². The zero-order chi connectivity index (χ0) is 11.2. The fourth-order valence-corrected chi connectivity index (χ4v) is 4.00. The predicted octanol–water partition coefficient (Wildman–Crippen LogP) is 2.74. The van der Waals surface area contributed by atoms with Gasteiger partial charge in [0.05, 0.1) is 12.2 Å². The maximum absolute atomic E-state index is 4.72. The van der Waals surface area contributed by atoms with Gasteiger partial charge in [-0.1, -0.05) is 19.3 Å². The van der Waals surface area contributed by atoms with E-state index < -0.39 is 0 Å². The number of aromatic nitrogens is 2. The van der Waals surface area contributed by atoms with E-state index in [9.17, 15) is 0 Å². The van der Waals surface area contributed by atoms with Crippen molar-refractivity contribution in [3.05, 3.63) is 17.5 Å². The highest BCUT2D eigenvalue weighted by Gasteiger charge is 2.35. The van der Waals surface area contributed by atoms with Crippen LogP contribution in [-0.2, 0) is 6.42 Å². The van der Waals surface area contributed by atoms with Gasteiger partial charge in [0.1, 0.15) is 0 Å². The lowest BCUT2D eigenvalue weighted by Gasteiger charge is -2.27. The van der Waals surface area contributed by atoms with E-state index in [2.05, 4.69) is 16.2 Å². The molecule has 3 heteroatoms. The second-order valence-electron chi connectivity index (χ2n) is 5.98. The van der Waals surface area contributed by atoms with Gasteiger partial charge in [-0.2, -0.15) is 5.10 Å². The minimum absolute atomic E-state index is 0.612. The molecular formula is C14H21N3. The molecule has 0 spiro atoms. The third-order valence-corrected chi connectivity index (χ3v) is 4.91. The standard InChI is InChI=1S/C14H21N3/c1-2-4-11(5-3-1)17-14-8-10-6-7-13(16-10)12(14)9-15-17/h9-11,13,16H,1-8H2. The molecule has 2 fully saturated rings. The van der Waals surface area contributed by atoms with Gasteiger partial charge >= 0.3 is 0 Å². The van der Waals surface area contributed by atoms with E-state index in [0.717, 1.165) is 6.04 Å². The first-order valence-electron chi connectivity index (χ1n) is 7.24. The molecule has 0 radical (unpaired) electrons. The maximum atomic E-state index is 4.72. The highest BCUT2D eigenvalue weighted by atomic mass is 15.3. The van der Waals surface area contributed by atoms with Crippen molar-refractivity contribution in [2.45, 2.75) is 69.5 Å². The van der Waals surface area contributed by atoms with Gasteiger partial charge in [0.2, 0.25) is 0 Å². The van der Waals surface area contributed by atoms with Crippen LogP contribution in [0.1, 0.15) is 68.3 Å². The average Bonchev–Trinajstić information content (AvgIpc) is 2.96. The quantitative estimate of drug-likeness (QED) is 0.805. The van der Waals surface area contributed by atoms with Crippen LogP contribution in [0.3, 0.4) is 0 Å². The Labute approximate surface area is 103 Å². The molecule has 17 heavy (non-hydrogen) atoms. The van der Waals surface area contributed by atoms with Crippen LogP contribution in [-0.4, -0.2) is 15.8 Å². The van der Waals surface area contributed by atoms with Gasteiger partial charge in [0.25, 0.3) is 0 Å². The van der Waals surface area contributed by atoms with Crippen LogP contribution in [0.4, 0.5) is 0 Å². The number of hydrogen-bond acceptors (Lipinski definition) is 2. The Morgan fingerprint density at radius 3 is 2.88 bits per heavy atom. The summed E-state index contributed by atoms with van der Waals surface area (Å²) in [4.78, 5) is 0. The zero-order valence-electron chi connectivity index (χ0n) is 10.4. The van der Waals surface area contributed by atoms with Gasteiger partial charge in [0.15, 0.2) is 0 Å². The Hall–Kier alpha value is -0.830. The summed E-state index contributed by atoms with van der Waals surface area (Å²) in [5, 5.41) is 8.43. The summed E-state index contributed by atoms with van der Waals surface area (Å²) in [5.41, 5.74) is 3.06. The Bertz CT molecular complexity index is 417. The van der Waals surface area contributed by atoms with Crippen LogP contribution in [0.2, 0.25) is 0 Å². The molecule has 1 aromatic heterocycles. The third kappa shape index (κ3) is 1.55. The van der Waals surface area contributed by atoms with E-state index in [4.69, 9.17) is 5.10 Å². The van der Waals surface area contributed by atoms with Gasteiger partial charge in [-0.05, 0) is 25.7 Å². The van der Waals surface area contributed by atoms with Gasteiger partial charge in [-0.3, -0.25) is 4.68 Å². The van der Waals surface area contributed by atoms with E-state index in [0.29, 0.717) is 12.1 Å². The van der Waals surface area contributed by atoms with Crippen LogP contribution < -0.4 is 5.32 Å². The van der Waals surface area contributed by atoms with Gasteiger partial charge in [-0.15, -0.1) is 0 Å². The smallest absolute Gasteiger partial charge is 0.0540 e. The predicted molar refractivity (Wildman–Crippen MR) is 67.0 cm³/mol. The van der Waals surface area contributed by atoms with Crippen molar-refractivity contribution in [2.24, 2.45) is 0 Å². The fraction of sp³-hybridized carbons (Fsp3) is 0.786. The minimum Gasteiger partial charge on any atom is -0.307 e. The topological polar surface area (TPSA) is 29.9 Å². The van der Waals surface area contributed by atoms with Gasteiger partial charge in [-0.25, -0.2) is 0 Å². The van der Waals surface area contributed by atoms with Crippen LogP contribution in [0.25, 0.3) is 0 Å². The molecule has 3 heterocycles. The molecule has 1 saturated heterocycles. The Morgan fingerprint density at radius 2 is 2.00 bits per heavy atom. The largest absolute Gasteiger partial charge is 0.307 e. The fourth-order valence-electron chi connectivity index (χ4n) is 4.00. The number of fused-ring (bicyclic) bond motifs is 4.